The van der Waals surface area contributed by atoms with Gasteiger partial charge >= 0.3 is 6.18 Å². The van der Waals surface area contributed by atoms with Crippen LogP contribution in [0.5, 0.6) is 5.75 Å². The lowest BCUT2D eigenvalue weighted by Gasteiger charge is -2.38. The average Bonchev–Trinajstić information content (AvgIpc) is 3.00. The summed E-state index contributed by atoms with van der Waals surface area (Å²) in [5.41, 5.74) is 5.02. The first-order chi connectivity index (χ1) is 16.9. The van der Waals surface area contributed by atoms with Gasteiger partial charge in [-0.1, -0.05) is 0 Å². The molecule has 0 radical (unpaired) electrons. The van der Waals surface area contributed by atoms with Crippen LogP contribution in [0.3, 0.4) is 0 Å². The number of fused-ring (bicyclic) bond motifs is 1. The molecule has 1 aromatic carbocycles. The van der Waals surface area contributed by atoms with Gasteiger partial charge in [0.15, 0.2) is 6.61 Å². The molecule has 0 saturated heterocycles. The lowest BCUT2D eigenvalue weighted by Crippen LogP contribution is -2.52. The molecule has 2 atom stereocenters. The normalized spacial score (nSPS) is 24.1. The van der Waals surface area contributed by atoms with Crippen molar-refractivity contribution in [3.63, 3.8) is 0 Å². The van der Waals surface area contributed by atoms with Crippen molar-refractivity contribution < 1.29 is 31.3 Å². The second-order valence-corrected chi connectivity index (χ2v) is 10.8. The summed E-state index contributed by atoms with van der Waals surface area (Å²) in [6, 6.07) is 6.24. The van der Waals surface area contributed by atoms with Crippen molar-refractivity contribution in [1.29, 1.82) is 0 Å². The van der Waals surface area contributed by atoms with E-state index in [9.17, 15) is 26.6 Å². The first-order valence-corrected chi connectivity index (χ1v) is 12.6. The number of pyridine rings is 1. The molecule has 1 amide bonds. The molecule has 0 saturated carbocycles. The molecule has 2 aromatic rings. The van der Waals surface area contributed by atoms with Gasteiger partial charge in [0.2, 0.25) is 5.96 Å². The fourth-order valence-corrected chi connectivity index (χ4v) is 6.49. The number of aromatic nitrogens is 1. The molecule has 3 heterocycles. The van der Waals surface area contributed by atoms with Gasteiger partial charge in [0.05, 0.1) is 18.5 Å². The zero-order valence-corrected chi connectivity index (χ0v) is 20.0. The van der Waals surface area contributed by atoms with Gasteiger partial charge in [0.1, 0.15) is 32.7 Å². The fourth-order valence-electron chi connectivity index (χ4n) is 3.99. The van der Waals surface area contributed by atoms with E-state index in [4.69, 9.17) is 5.73 Å². The number of carbonyl (C=O) groups excluding carboxylic acids is 1. The maximum Gasteiger partial charge on any atom is 0.422 e. The average molecular weight is 529 g/mol. The van der Waals surface area contributed by atoms with Gasteiger partial charge in [0, 0.05) is 17.8 Å². The molecular weight excluding hydrogens is 504 g/mol. The van der Waals surface area contributed by atoms with E-state index in [2.05, 4.69) is 24.4 Å². The topological polar surface area (TPSA) is 122 Å². The minimum Gasteiger partial charge on any atom is -0.483 e. The Hall–Kier alpha value is -3.42. The van der Waals surface area contributed by atoms with Crippen molar-refractivity contribution in [2.75, 3.05) is 30.8 Å². The van der Waals surface area contributed by atoms with Crippen molar-refractivity contribution in [1.82, 2.24) is 9.29 Å². The lowest BCUT2D eigenvalue weighted by molar-refractivity contribution is -0.153. The number of guanidine groups is 1. The van der Waals surface area contributed by atoms with Crippen LogP contribution in [0, 0.1) is 5.82 Å². The molecule has 2 aliphatic heterocycles. The van der Waals surface area contributed by atoms with Crippen LogP contribution in [-0.4, -0.2) is 57.0 Å². The summed E-state index contributed by atoms with van der Waals surface area (Å²) in [4.78, 5) is 20.9. The molecule has 36 heavy (non-hydrogen) atoms. The highest BCUT2D eigenvalue weighted by Crippen LogP contribution is 2.36. The van der Waals surface area contributed by atoms with E-state index < -0.39 is 40.0 Å². The molecule has 0 fully saturated rings. The quantitative estimate of drug-likeness (QED) is 0.576. The molecule has 1 unspecified atom stereocenters. The smallest absolute Gasteiger partial charge is 0.422 e. The van der Waals surface area contributed by atoms with Crippen LogP contribution in [0.4, 0.5) is 23.2 Å². The number of nitrogens with two attached hydrogens (primary N) is 1. The van der Waals surface area contributed by atoms with Gasteiger partial charge in [-0.3, -0.25) is 9.10 Å². The predicted octanol–water partition coefficient (Wildman–Crippen LogP) is 3.44. The summed E-state index contributed by atoms with van der Waals surface area (Å²) >= 11 is 0. The molecule has 4 rings (SSSR count). The highest BCUT2D eigenvalue weighted by Gasteiger charge is 2.42. The number of ether oxygens (including phenoxy) is 1. The van der Waals surface area contributed by atoms with Crippen molar-refractivity contribution in [2.45, 2.75) is 31.5 Å². The number of benzene rings is 1. The molecular formula is C22H24F4N6O3S. The molecule has 194 valence electrons. The highest BCUT2D eigenvalue weighted by molar-refractivity contribution is 7.92. The van der Waals surface area contributed by atoms with Gasteiger partial charge in [-0.2, -0.15) is 13.2 Å². The maximum absolute atomic E-state index is 15.0. The van der Waals surface area contributed by atoms with E-state index in [0.29, 0.717) is 13.1 Å². The number of anilines is 1. The largest absolute Gasteiger partial charge is 0.483 e. The van der Waals surface area contributed by atoms with Crippen molar-refractivity contribution in [3.8, 4) is 5.75 Å². The van der Waals surface area contributed by atoms with Crippen molar-refractivity contribution >= 4 is 27.5 Å². The summed E-state index contributed by atoms with van der Waals surface area (Å²) < 4.78 is 75.8. The Morgan fingerprint density at radius 1 is 1.28 bits per heavy atom. The SMILES string of the molecule is C[C@@]1(c2cc(NC(=O)c3ccc(OCC(F)(F)F)cn3)ccc2F)CS2(=O)=NCCCCN2C(N)=N1. The molecule has 0 spiro atoms. The number of nitrogens with zero attached hydrogens (tertiary/aromatic N) is 4. The first-order valence-electron chi connectivity index (χ1n) is 11.0. The van der Waals surface area contributed by atoms with Crippen LogP contribution in [0.25, 0.3) is 0 Å². The Morgan fingerprint density at radius 3 is 2.75 bits per heavy atom. The molecule has 3 N–H and O–H groups in total. The van der Waals surface area contributed by atoms with Gasteiger partial charge in [-0.15, -0.1) is 0 Å². The van der Waals surface area contributed by atoms with Crippen LogP contribution in [0.2, 0.25) is 0 Å². The Morgan fingerprint density at radius 2 is 2.06 bits per heavy atom. The highest BCUT2D eigenvalue weighted by atomic mass is 32.2. The molecule has 0 bridgehead atoms. The summed E-state index contributed by atoms with van der Waals surface area (Å²) in [6.45, 7) is 0.973. The molecule has 0 aliphatic carbocycles. The Bertz CT molecular complexity index is 1310. The summed E-state index contributed by atoms with van der Waals surface area (Å²) in [5, 5.41) is 2.57. The summed E-state index contributed by atoms with van der Waals surface area (Å²) in [6.07, 6.45) is -1.99. The van der Waals surface area contributed by atoms with E-state index in [1.54, 1.807) is 6.92 Å². The Labute approximate surface area is 205 Å². The first kappa shape index (κ1) is 25.7. The van der Waals surface area contributed by atoms with E-state index >= 15 is 0 Å². The fraction of sp³-hybridized carbons (Fsp3) is 0.409. The van der Waals surface area contributed by atoms with Gasteiger partial charge in [-0.05, 0) is 50.1 Å². The van der Waals surface area contributed by atoms with Crippen LogP contribution in [0.15, 0.2) is 45.9 Å². The van der Waals surface area contributed by atoms with Crippen LogP contribution in [0.1, 0.15) is 35.8 Å². The van der Waals surface area contributed by atoms with E-state index in [1.165, 1.54) is 28.6 Å². The van der Waals surface area contributed by atoms with Crippen LogP contribution < -0.4 is 15.8 Å². The third-order valence-corrected chi connectivity index (χ3v) is 8.25. The third kappa shape index (κ3) is 5.53. The number of alkyl halides is 3. The van der Waals surface area contributed by atoms with Crippen LogP contribution in [-0.2, 0) is 15.5 Å². The maximum atomic E-state index is 15.0. The van der Waals surface area contributed by atoms with E-state index in [1.807, 2.05) is 0 Å². The number of nitrogens with one attached hydrogen (secondary N) is 1. The summed E-state index contributed by atoms with van der Waals surface area (Å²) in [7, 11) is -2.93. The number of rotatable bonds is 5. The zero-order valence-electron chi connectivity index (χ0n) is 19.2. The second-order valence-electron chi connectivity index (χ2n) is 8.59. The number of aliphatic imine (C=N–C) groups is 1. The van der Waals surface area contributed by atoms with Gasteiger partial charge in [-0.25, -0.2) is 22.9 Å². The van der Waals surface area contributed by atoms with Crippen molar-refractivity contribution in [2.24, 2.45) is 15.1 Å². The number of hydrogen-bond donors (Lipinski definition) is 2. The number of carbonyl (C=O) groups is 1. The lowest BCUT2D eigenvalue weighted by atomic mass is 9.93. The number of amides is 1. The standard InChI is InChI=1S/C22H24F4N6O3S/c1-21(13-36(34)29-8-2-3-9-32(36)20(27)31-21)16-10-14(4-6-17(16)23)30-19(33)18-7-5-15(11-28-18)35-12-22(24,25)26/h4-7,10-11H,2-3,8-9,12-13H2,1H3,(H2,27,31)(H,30,33)/t21-,36?/m0/s1. The number of hydrogen-bond acceptors (Lipinski definition) is 7. The molecule has 2 aliphatic rings. The monoisotopic (exact) mass is 528 g/mol. The Balaban J connectivity index is 1.56. The van der Waals surface area contributed by atoms with Gasteiger partial charge < -0.3 is 15.8 Å². The Kier molecular flexibility index (Phi) is 6.82. The zero-order chi connectivity index (χ0) is 26.1. The number of halogens is 4. The minimum atomic E-state index is -4.50. The van der Waals surface area contributed by atoms with E-state index in [0.717, 1.165) is 25.1 Å². The van der Waals surface area contributed by atoms with Crippen LogP contribution >= 0.6 is 0 Å². The third-order valence-electron chi connectivity index (χ3n) is 5.67. The second kappa shape index (κ2) is 9.56. The van der Waals surface area contributed by atoms with Gasteiger partial charge in [0.25, 0.3) is 5.91 Å². The predicted molar refractivity (Wildman–Crippen MR) is 125 cm³/mol. The minimum absolute atomic E-state index is 0.0188. The van der Waals surface area contributed by atoms with Crippen molar-refractivity contribution in [3.05, 3.63) is 53.6 Å². The molecule has 9 nitrogen and oxygen atoms in total. The molecule has 1 aromatic heterocycles. The summed E-state index contributed by atoms with van der Waals surface area (Å²) in [5.74, 6) is -1.51. The molecule has 14 heteroatoms. The van der Waals surface area contributed by atoms with E-state index in [-0.39, 0.29) is 34.4 Å².